The third-order valence-corrected chi connectivity index (χ3v) is 5.23. The van der Waals surface area contributed by atoms with E-state index in [0.717, 1.165) is 0 Å². The number of hydrogen-bond donors (Lipinski definition) is 1. The van der Waals surface area contributed by atoms with Crippen molar-refractivity contribution in [1.29, 1.82) is 0 Å². The average molecular weight is 441 g/mol. The molecule has 0 aliphatic carbocycles. The lowest BCUT2D eigenvalue weighted by molar-refractivity contribution is -0.131. The lowest BCUT2D eigenvalue weighted by Crippen LogP contribution is -2.14. The molecule has 2 aromatic heterocycles. The maximum absolute atomic E-state index is 12.4. The number of rotatable bonds is 7. The van der Waals surface area contributed by atoms with Crippen molar-refractivity contribution in [2.75, 3.05) is 17.9 Å². The van der Waals surface area contributed by atoms with Crippen LogP contribution in [0, 0.1) is 0 Å². The lowest BCUT2D eigenvalue weighted by Gasteiger charge is -2.09. The zero-order valence-corrected chi connectivity index (χ0v) is 17.6. The first-order chi connectivity index (χ1) is 15.0. The molecule has 0 saturated carbocycles. The highest BCUT2D eigenvalue weighted by molar-refractivity contribution is 7.99. The Balaban J connectivity index is 1.42. The molecule has 1 N–H and O–H groups in total. The van der Waals surface area contributed by atoms with Crippen molar-refractivity contribution in [1.82, 2.24) is 19.7 Å². The molecule has 0 saturated heterocycles. The van der Waals surface area contributed by atoms with Crippen LogP contribution in [0.5, 0.6) is 17.2 Å². The molecule has 0 spiro atoms. The maximum atomic E-state index is 12.4. The second-order valence-electron chi connectivity index (χ2n) is 6.40. The van der Waals surface area contributed by atoms with E-state index in [1.165, 1.54) is 18.7 Å². The molecule has 0 fully saturated rings. The number of pyridine rings is 1. The summed E-state index contributed by atoms with van der Waals surface area (Å²) in [5.41, 5.74) is 1.15. The highest BCUT2D eigenvalue weighted by Gasteiger charge is 2.24. The van der Waals surface area contributed by atoms with Crippen molar-refractivity contribution in [2.45, 2.75) is 25.5 Å². The molecule has 0 radical (unpaired) electrons. The molecule has 4 rings (SSSR count). The van der Waals surface area contributed by atoms with Gasteiger partial charge in [-0.3, -0.25) is 9.59 Å². The SMILES string of the molecule is CCn1c(SCC(=O)Nc2ccc(OC(C)=O)cc2)nnc1-c1nccc2c1OCO2. The normalized spacial score (nSPS) is 11.9. The van der Waals surface area contributed by atoms with Gasteiger partial charge in [-0.15, -0.1) is 10.2 Å². The fourth-order valence-electron chi connectivity index (χ4n) is 2.95. The van der Waals surface area contributed by atoms with E-state index >= 15 is 0 Å². The number of nitrogens with one attached hydrogen (secondary N) is 1. The number of hydrogen-bond acceptors (Lipinski definition) is 9. The van der Waals surface area contributed by atoms with Crippen molar-refractivity contribution >= 4 is 29.3 Å². The van der Waals surface area contributed by atoms with E-state index in [0.29, 0.717) is 46.2 Å². The van der Waals surface area contributed by atoms with Gasteiger partial charge in [-0.05, 0) is 31.2 Å². The molecule has 160 valence electrons. The van der Waals surface area contributed by atoms with E-state index < -0.39 is 5.97 Å². The van der Waals surface area contributed by atoms with Crippen LogP contribution in [0.3, 0.4) is 0 Å². The summed E-state index contributed by atoms with van der Waals surface area (Å²) in [6, 6.07) is 8.29. The number of esters is 1. The van der Waals surface area contributed by atoms with Crippen molar-refractivity contribution < 1.29 is 23.8 Å². The zero-order chi connectivity index (χ0) is 21.8. The van der Waals surface area contributed by atoms with Crippen molar-refractivity contribution in [3.05, 3.63) is 36.5 Å². The molecule has 1 amide bonds. The van der Waals surface area contributed by atoms with Gasteiger partial charge in [-0.25, -0.2) is 4.98 Å². The highest BCUT2D eigenvalue weighted by atomic mass is 32.2. The Morgan fingerprint density at radius 3 is 2.74 bits per heavy atom. The summed E-state index contributed by atoms with van der Waals surface area (Å²) in [6.45, 7) is 4.02. The van der Waals surface area contributed by atoms with Crippen LogP contribution >= 0.6 is 11.8 Å². The minimum Gasteiger partial charge on any atom is -0.453 e. The van der Waals surface area contributed by atoms with Crippen molar-refractivity contribution in [3.8, 4) is 28.8 Å². The van der Waals surface area contributed by atoms with Gasteiger partial charge in [0.1, 0.15) is 5.75 Å². The molecule has 0 unspecified atom stereocenters. The van der Waals surface area contributed by atoms with Gasteiger partial charge in [0, 0.05) is 31.4 Å². The molecule has 1 aromatic carbocycles. The molecule has 31 heavy (non-hydrogen) atoms. The van der Waals surface area contributed by atoms with Crippen LogP contribution in [-0.4, -0.2) is 44.2 Å². The van der Waals surface area contributed by atoms with Crippen LogP contribution in [0.4, 0.5) is 5.69 Å². The predicted molar refractivity (Wildman–Crippen MR) is 112 cm³/mol. The van der Waals surface area contributed by atoms with E-state index in [-0.39, 0.29) is 18.5 Å². The second kappa shape index (κ2) is 9.04. The van der Waals surface area contributed by atoms with E-state index in [4.69, 9.17) is 14.2 Å². The van der Waals surface area contributed by atoms with Crippen LogP contribution in [0.25, 0.3) is 11.5 Å². The Labute approximate surface area is 181 Å². The predicted octanol–water partition coefficient (Wildman–Crippen LogP) is 2.74. The maximum Gasteiger partial charge on any atom is 0.308 e. The number of amides is 1. The zero-order valence-electron chi connectivity index (χ0n) is 16.8. The summed E-state index contributed by atoms with van der Waals surface area (Å²) in [5.74, 6) is 1.66. The minimum absolute atomic E-state index is 0.137. The van der Waals surface area contributed by atoms with Crippen LogP contribution in [0.1, 0.15) is 13.8 Å². The summed E-state index contributed by atoms with van der Waals surface area (Å²) < 4.78 is 17.8. The monoisotopic (exact) mass is 441 g/mol. The standard InChI is InChI=1S/C20H19N5O5S/c1-3-25-19(17-18-15(8-9-21-17)28-11-29-18)23-24-20(25)31-10-16(27)22-13-4-6-14(7-5-13)30-12(2)26/h4-9H,3,10-11H2,1-2H3,(H,22,27). The molecule has 0 atom stereocenters. The first-order valence-electron chi connectivity index (χ1n) is 9.44. The topological polar surface area (TPSA) is 117 Å². The fourth-order valence-corrected chi connectivity index (χ4v) is 3.75. The number of carbonyl (C=O) groups is 2. The number of benzene rings is 1. The molecular formula is C20H19N5O5S. The highest BCUT2D eigenvalue weighted by Crippen LogP contribution is 2.39. The first kappa shape index (κ1) is 20.7. The number of thioether (sulfide) groups is 1. The fraction of sp³-hybridized carbons (Fsp3) is 0.250. The Bertz CT molecular complexity index is 1120. The Morgan fingerprint density at radius 1 is 1.19 bits per heavy atom. The van der Waals surface area contributed by atoms with Crippen LogP contribution in [0.15, 0.2) is 41.7 Å². The number of anilines is 1. The first-order valence-corrected chi connectivity index (χ1v) is 10.4. The summed E-state index contributed by atoms with van der Waals surface area (Å²) in [4.78, 5) is 27.7. The van der Waals surface area contributed by atoms with Gasteiger partial charge >= 0.3 is 5.97 Å². The van der Waals surface area contributed by atoms with Crippen LogP contribution < -0.4 is 19.5 Å². The quantitative estimate of drug-likeness (QED) is 0.335. The molecular weight excluding hydrogens is 422 g/mol. The molecule has 0 bridgehead atoms. The van der Waals surface area contributed by atoms with Crippen molar-refractivity contribution in [3.63, 3.8) is 0 Å². The molecule has 11 heteroatoms. The molecule has 3 aromatic rings. The average Bonchev–Trinajstić information content (AvgIpc) is 3.39. The smallest absolute Gasteiger partial charge is 0.308 e. The molecule has 10 nitrogen and oxygen atoms in total. The summed E-state index contributed by atoms with van der Waals surface area (Å²) in [6.07, 6.45) is 1.63. The Kier molecular flexibility index (Phi) is 6.03. The number of fused-ring (bicyclic) bond motifs is 1. The van der Waals surface area contributed by atoms with Gasteiger partial charge in [0.25, 0.3) is 0 Å². The van der Waals surface area contributed by atoms with E-state index in [1.54, 1.807) is 36.5 Å². The third-order valence-electron chi connectivity index (χ3n) is 4.26. The summed E-state index contributed by atoms with van der Waals surface area (Å²) in [7, 11) is 0. The molecule has 1 aliphatic rings. The minimum atomic E-state index is -0.401. The summed E-state index contributed by atoms with van der Waals surface area (Å²) in [5, 5.41) is 11.9. The van der Waals surface area contributed by atoms with Crippen LogP contribution in [-0.2, 0) is 16.1 Å². The van der Waals surface area contributed by atoms with Gasteiger partial charge in [0.2, 0.25) is 12.7 Å². The third kappa shape index (κ3) is 4.61. The van der Waals surface area contributed by atoms with E-state index in [1.807, 2.05) is 11.5 Å². The van der Waals surface area contributed by atoms with Crippen LogP contribution in [0.2, 0.25) is 0 Å². The Morgan fingerprint density at radius 2 is 2.00 bits per heavy atom. The number of aromatic nitrogens is 4. The van der Waals surface area contributed by atoms with E-state index in [9.17, 15) is 9.59 Å². The number of nitrogens with zero attached hydrogens (tertiary/aromatic N) is 4. The van der Waals surface area contributed by atoms with Gasteiger partial charge < -0.3 is 24.1 Å². The summed E-state index contributed by atoms with van der Waals surface area (Å²) >= 11 is 1.27. The number of carbonyl (C=O) groups excluding carboxylic acids is 2. The molecule has 3 heterocycles. The molecule has 1 aliphatic heterocycles. The number of ether oxygens (including phenoxy) is 3. The lowest BCUT2D eigenvalue weighted by atomic mass is 10.3. The Hall–Kier alpha value is -3.60. The van der Waals surface area contributed by atoms with Gasteiger partial charge in [-0.1, -0.05) is 11.8 Å². The second-order valence-corrected chi connectivity index (χ2v) is 7.34. The van der Waals surface area contributed by atoms with Gasteiger partial charge in [0.15, 0.2) is 28.2 Å². The largest absolute Gasteiger partial charge is 0.453 e. The van der Waals surface area contributed by atoms with Gasteiger partial charge in [0.05, 0.1) is 5.75 Å². The van der Waals surface area contributed by atoms with Gasteiger partial charge in [-0.2, -0.15) is 0 Å². The van der Waals surface area contributed by atoms with Crippen molar-refractivity contribution in [2.24, 2.45) is 0 Å². The van der Waals surface area contributed by atoms with E-state index in [2.05, 4.69) is 20.5 Å².